The molecule has 2 rings (SSSR count). The van der Waals surface area contributed by atoms with Crippen LogP contribution in [0.15, 0.2) is 41.3 Å². The van der Waals surface area contributed by atoms with Crippen LogP contribution in [-0.4, -0.2) is 13.3 Å². The monoisotopic (exact) mass is 357 g/mol. The second kappa shape index (κ2) is 6.49. The lowest BCUT2D eigenvalue weighted by atomic mass is 10.1. The van der Waals surface area contributed by atoms with E-state index in [4.69, 9.17) is 5.14 Å². The van der Waals surface area contributed by atoms with Crippen LogP contribution < -0.4 is 10.5 Å². The number of primary sulfonamides is 1. The van der Waals surface area contributed by atoms with Gasteiger partial charge < -0.3 is 5.32 Å². The molecule has 0 saturated carbocycles. The lowest BCUT2D eigenvalue weighted by Crippen LogP contribution is -2.17. The minimum absolute atomic E-state index is 0.0142. The van der Waals surface area contributed by atoms with Gasteiger partial charge in [0.05, 0.1) is 10.6 Å². The molecular weight excluding hydrogens is 344 g/mol. The van der Waals surface area contributed by atoms with Crippen LogP contribution >= 0.6 is 0 Å². The zero-order valence-corrected chi connectivity index (χ0v) is 13.2. The Labute approximate surface area is 136 Å². The quantitative estimate of drug-likeness (QED) is 0.630. The molecule has 7 nitrogen and oxygen atoms in total. The fourth-order valence-corrected chi connectivity index (χ4v) is 2.80. The Morgan fingerprint density at radius 2 is 1.83 bits per heavy atom. The summed E-state index contributed by atoms with van der Waals surface area (Å²) in [5.74, 6) is -2.05. The maximum atomic E-state index is 13.3. The number of nitro benzene ring substituents is 1. The minimum Gasteiger partial charge on any atom is -0.377 e. The molecule has 128 valence electrons. The van der Waals surface area contributed by atoms with Crippen LogP contribution in [0.3, 0.4) is 0 Å². The molecule has 0 bridgehead atoms. The topological polar surface area (TPSA) is 115 Å². The van der Waals surface area contributed by atoms with E-state index in [-0.39, 0.29) is 5.69 Å². The average Bonchev–Trinajstić information content (AvgIpc) is 2.49. The minimum atomic E-state index is -4.23. The lowest BCUT2D eigenvalue weighted by molar-refractivity contribution is -0.385. The highest BCUT2D eigenvalue weighted by Gasteiger charge is 2.20. The van der Waals surface area contributed by atoms with Crippen molar-refractivity contribution in [2.45, 2.75) is 17.9 Å². The summed E-state index contributed by atoms with van der Waals surface area (Å²) in [4.78, 5) is 9.56. The van der Waals surface area contributed by atoms with Gasteiger partial charge in [0.25, 0.3) is 5.69 Å². The highest BCUT2D eigenvalue weighted by atomic mass is 32.2. The zero-order chi connectivity index (χ0) is 18.1. The summed E-state index contributed by atoms with van der Waals surface area (Å²) in [6, 6.07) is 5.76. The largest absolute Gasteiger partial charge is 0.377 e. The van der Waals surface area contributed by atoms with Gasteiger partial charge in [0, 0.05) is 18.2 Å². The van der Waals surface area contributed by atoms with Gasteiger partial charge in [-0.15, -0.1) is 0 Å². The zero-order valence-electron chi connectivity index (χ0n) is 12.4. The van der Waals surface area contributed by atoms with Crippen LogP contribution in [0.2, 0.25) is 0 Å². The standard InChI is InChI=1S/C14H13F2N3O4S/c1-8(9-2-4-11(15)12(16)6-9)18-13-5-3-10(19(20)21)7-14(13)24(17,22)23/h2-8,18H,1H3,(H2,17,22,23). The third-order valence-electron chi connectivity index (χ3n) is 3.30. The predicted molar refractivity (Wildman–Crippen MR) is 82.9 cm³/mol. The first-order valence-corrected chi connectivity index (χ1v) is 8.17. The van der Waals surface area contributed by atoms with Crippen molar-refractivity contribution in [3.63, 3.8) is 0 Å². The maximum Gasteiger partial charge on any atom is 0.270 e. The molecule has 24 heavy (non-hydrogen) atoms. The van der Waals surface area contributed by atoms with Crippen LogP contribution in [-0.2, 0) is 10.0 Å². The predicted octanol–water partition coefficient (Wildman–Crippen LogP) is 2.69. The number of sulfonamides is 1. The van der Waals surface area contributed by atoms with Gasteiger partial charge in [0.15, 0.2) is 11.6 Å². The molecule has 1 atom stereocenters. The van der Waals surface area contributed by atoms with Crippen molar-refractivity contribution in [2.24, 2.45) is 5.14 Å². The van der Waals surface area contributed by atoms with Crippen molar-refractivity contribution < 1.29 is 22.1 Å². The summed E-state index contributed by atoms with van der Waals surface area (Å²) in [6.07, 6.45) is 0. The van der Waals surface area contributed by atoms with Crippen LogP contribution in [0, 0.1) is 21.7 Å². The Morgan fingerprint density at radius 3 is 2.38 bits per heavy atom. The van der Waals surface area contributed by atoms with E-state index in [1.807, 2.05) is 0 Å². The maximum absolute atomic E-state index is 13.3. The summed E-state index contributed by atoms with van der Waals surface area (Å²) in [6.45, 7) is 1.58. The molecule has 0 heterocycles. The van der Waals surface area contributed by atoms with E-state index < -0.39 is 43.2 Å². The third kappa shape index (κ3) is 3.84. The second-order valence-electron chi connectivity index (χ2n) is 5.02. The Balaban J connectivity index is 2.41. The number of nitrogens with zero attached hydrogens (tertiary/aromatic N) is 1. The normalized spacial score (nSPS) is 12.7. The van der Waals surface area contributed by atoms with Crippen molar-refractivity contribution >= 4 is 21.4 Å². The SMILES string of the molecule is CC(Nc1ccc([N+](=O)[O-])cc1S(N)(=O)=O)c1ccc(F)c(F)c1. The number of nitro groups is 1. The molecule has 0 fully saturated rings. The van der Waals surface area contributed by atoms with Crippen LogP contribution in [0.5, 0.6) is 0 Å². The van der Waals surface area contributed by atoms with E-state index in [9.17, 15) is 27.3 Å². The van der Waals surface area contributed by atoms with Crippen molar-refractivity contribution in [2.75, 3.05) is 5.32 Å². The highest BCUT2D eigenvalue weighted by molar-refractivity contribution is 7.89. The number of hydrogen-bond donors (Lipinski definition) is 2. The number of nitrogens with one attached hydrogen (secondary N) is 1. The van der Waals surface area contributed by atoms with Gasteiger partial charge in [-0.05, 0) is 30.7 Å². The molecule has 3 N–H and O–H groups in total. The van der Waals surface area contributed by atoms with Crippen LogP contribution in [0.1, 0.15) is 18.5 Å². The molecule has 10 heteroatoms. The molecule has 0 aromatic heterocycles. The lowest BCUT2D eigenvalue weighted by Gasteiger charge is -2.18. The molecule has 2 aromatic rings. The molecule has 0 spiro atoms. The van der Waals surface area contributed by atoms with Gasteiger partial charge in [0.1, 0.15) is 4.90 Å². The van der Waals surface area contributed by atoms with Gasteiger partial charge >= 0.3 is 0 Å². The van der Waals surface area contributed by atoms with Gasteiger partial charge in [-0.2, -0.15) is 0 Å². The first kappa shape index (κ1) is 17.8. The highest BCUT2D eigenvalue weighted by Crippen LogP contribution is 2.29. The molecule has 0 aliphatic carbocycles. The molecule has 2 aromatic carbocycles. The summed E-state index contributed by atoms with van der Waals surface area (Å²) >= 11 is 0. The van der Waals surface area contributed by atoms with Gasteiger partial charge in [0.2, 0.25) is 10.0 Å². The smallest absolute Gasteiger partial charge is 0.270 e. The van der Waals surface area contributed by atoms with Crippen molar-refractivity contribution in [3.05, 3.63) is 63.7 Å². The summed E-state index contributed by atoms with van der Waals surface area (Å²) in [5.41, 5.74) is -0.0713. The number of benzene rings is 2. The number of anilines is 1. The summed E-state index contributed by atoms with van der Waals surface area (Å²) < 4.78 is 49.6. The Hall–Kier alpha value is -2.59. The second-order valence-corrected chi connectivity index (χ2v) is 6.55. The first-order valence-electron chi connectivity index (χ1n) is 6.62. The van der Waals surface area contributed by atoms with Crippen LogP contribution in [0.25, 0.3) is 0 Å². The van der Waals surface area contributed by atoms with E-state index >= 15 is 0 Å². The van der Waals surface area contributed by atoms with E-state index in [2.05, 4.69) is 5.32 Å². The third-order valence-corrected chi connectivity index (χ3v) is 4.25. The molecule has 1 unspecified atom stereocenters. The summed E-state index contributed by atoms with van der Waals surface area (Å²) in [5, 5.41) is 18.6. The number of non-ortho nitro benzene ring substituents is 1. The molecular formula is C14H13F2N3O4S. The fraction of sp³-hybridized carbons (Fsp3) is 0.143. The molecule has 0 amide bonds. The van der Waals surface area contributed by atoms with Crippen LogP contribution in [0.4, 0.5) is 20.2 Å². The fourth-order valence-electron chi connectivity index (χ4n) is 2.08. The molecule has 0 aliphatic rings. The molecule has 0 radical (unpaired) electrons. The van der Waals surface area contributed by atoms with Crippen molar-refractivity contribution in [3.8, 4) is 0 Å². The summed E-state index contributed by atoms with van der Waals surface area (Å²) in [7, 11) is -4.23. The number of nitrogens with two attached hydrogens (primary N) is 1. The average molecular weight is 357 g/mol. The van der Waals surface area contributed by atoms with E-state index in [1.165, 1.54) is 12.1 Å². The van der Waals surface area contributed by atoms with Gasteiger partial charge in [-0.1, -0.05) is 6.07 Å². The van der Waals surface area contributed by atoms with Gasteiger partial charge in [-0.3, -0.25) is 10.1 Å². The molecule has 0 aliphatic heterocycles. The Bertz CT molecular complexity index is 903. The van der Waals surface area contributed by atoms with Gasteiger partial charge in [-0.25, -0.2) is 22.3 Å². The van der Waals surface area contributed by atoms with E-state index in [0.717, 1.165) is 24.3 Å². The Kier molecular flexibility index (Phi) is 4.81. The Morgan fingerprint density at radius 1 is 1.17 bits per heavy atom. The van der Waals surface area contributed by atoms with Crippen molar-refractivity contribution in [1.82, 2.24) is 0 Å². The molecule has 0 saturated heterocycles. The first-order chi connectivity index (χ1) is 11.1. The van der Waals surface area contributed by atoms with E-state index in [0.29, 0.717) is 5.56 Å². The number of halogens is 2. The van der Waals surface area contributed by atoms with E-state index in [1.54, 1.807) is 6.92 Å². The number of hydrogen-bond acceptors (Lipinski definition) is 5. The number of rotatable bonds is 5. The van der Waals surface area contributed by atoms with Crippen molar-refractivity contribution in [1.29, 1.82) is 0 Å².